The molecule has 0 saturated heterocycles. The van der Waals surface area contributed by atoms with Crippen LogP contribution in [-0.2, 0) is 0 Å². The van der Waals surface area contributed by atoms with Gasteiger partial charge in [0.25, 0.3) is 5.91 Å². The lowest BCUT2D eigenvalue weighted by atomic mass is 10.2. The number of hydrogen-bond donors (Lipinski definition) is 2. The fourth-order valence-corrected chi connectivity index (χ4v) is 2.65. The highest BCUT2D eigenvalue weighted by Gasteiger charge is 2.11. The Morgan fingerprint density at radius 3 is 2.07 bits per heavy atom. The van der Waals surface area contributed by atoms with E-state index in [2.05, 4.69) is 15.6 Å². The zero-order chi connectivity index (χ0) is 19.8. The zero-order valence-corrected chi connectivity index (χ0v) is 15.9. The Bertz CT molecular complexity index is 926. The second-order valence-corrected chi connectivity index (χ2v) is 5.87. The number of pyridine rings is 1. The Balaban J connectivity index is 1.70. The van der Waals surface area contributed by atoms with Crippen LogP contribution in [0, 0.1) is 0 Å². The number of carbonyl (C=O) groups excluding carboxylic acids is 1. The van der Waals surface area contributed by atoms with E-state index in [1.54, 1.807) is 24.4 Å². The second kappa shape index (κ2) is 9.41. The van der Waals surface area contributed by atoms with E-state index in [1.807, 2.05) is 56.3 Å². The Hall–Kier alpha value is -3.54. The number of hydrogen-bond acceptors (Lipinski definition) is 5. The third-order valence-electron chi connectivity index (χ3n) is 3.90. The first-order chi connectivity index (χ1) is 13.7. The van der Waals surface area contributed by atoms with Crippen LogP contribution in [0.4, 0.5) is 17.1 Å². The van der Waals surface area contributed by atoms with Crippen LogP contribution in [0.15, 0.2) is 66.9 Å². The molecular weight excluding hydrogens is 354 g/mol. The van der Waals surface area contributed by atoms with Gasteiger partial charge in [0.2, 0.25) is 0 Å². The highest BCUT2D eigenvalue weighted by atomic mass is 16.5. The molecule has 0 spiro atoms. The van der Waals surface area contributed by atoms with Gasteiger partial charge in [-0.15, -0.1) is 0 Å². The molecule has 0 bridgehead atoms. The van der Waals surface area contributed by atoms with E-state index in [1.165, 1.54) is 0 Å². The third kappa shape index (κ3) is 4.79. The summed E-state index contributed by atoms with van der Waals surface area (Å²) in [4.78, 5) is 16.8. The summed E-state index contributed by atoms with van der Waals surface area (Å²) in [6.45, 7) is 4.94. The summed E-state index contributed by atoms with van der Waals surface area (Å²) in [7, 11) is 0. The van der Waals surface area contributed by atoms with Crippen molar-refractivity contribution >= 4 is 23.0 Å². The molecule has 0 fully saturated rings. The smallest absolute Gasteiger partial charge is 0.274 e. The highest BCUT2D eigenvalue weighted by Crippen LogP contribution is 2.27. The van der Waals surface area contributed by atoms with Gasteiger partial charge in [0.1, 0.15) is 17.2 Å². The molecule has 1 aromatic heterocycles. The van der Waals surface area contributed by atoms with E-state index in [0.717, 1.165) is 17.1 Å². The van der Waals surface area contributed by atoms with Crippen LogP contribution in [0.5, 0.6) is 11.5 Å². The van der Waals surface area contributed by atoms with Gasteiger partial charge in [0.05, 0.1) is 36.5 Å². The van der Waals surface area contributed by atoms with Crippen molar-refractivity contribution in [2.75, 3.05) is 23.8 Å². The quantitative estimate of drug-likeness (QED) is 0.586. The lowest BCUT2D eigenvalue weighted by molar-refractivity contribution is 0.102. The minimum absolute atomic E-state index is 0.298. The number of benzene rings is 2. The van der Waals surface area contributed by atoms with Gasteiger partial charge in [-0.25, -0.2) is 4.98 Å². The number of nitrogens with one attached hydrogen (secondary N) is 2. The fraction of sp³-hybridized carbons (Fsp3) is 0.182. The predicted octanol–water partition coefficient (Wildman–Crippen LogP) is 4.87. The summed E-state index contributed by atoms with van der Waals surface area (Å²) in [6, 6.07) is 18.5. The van der Waals surface area contributed by atoms with E-state index in [9.17, 15) is 4.79 Å². The summed E-state index contributed by atoms with van der Waals surface area (Å²) in [6.07, 6.45) is 1.62. The summed E-state index contributed by atoms with van der Waals surface area (Å²) in [5.74, 6) is 1.09. The molecule has 2 aromatic carbocycles. The lowest BCUT2D eigenvalue weighted by Crippen LogP contribution is -2.14. The molecule has 28 heavy (non-hydrogen) atoms. The molecule has 3 aromatic rings. The highest BCUT2D eigenvalue weighted by molar-refractivity contribution is 6.03. The number of nitrogens with zero attached hydrogens (tertiary/aromatic N) is 1. The largest absolute Gasteiger partial charge is 0.492 e. The number of carbonyl (C=O) groups is 1. The first kappa shape index (κ1) is 19.2. The van der Waals surface area contributed by atoms with Crippen molar-refractivity contribution in [1.82, 2.24) is 4.98 Å². The molecule has 2 N–H and O–H groups in total. The third-order valence-corrected chi connectivity index (χ3v) is 3.90. The van der Waals surface area contributed by atoms with Gasteiger partial charge in [0, 0.05) is 0 Å². The molecule has 0 atom stereocenters. The molecule has 0 radical (unpaired) electrons. The summed E-state index contributed by atoms with van der Waals surface area (Å²) >= 11 is 0. The monoisotopic (exact) mass is 377 g/mol. The molecule has 144 valence electrons. The first-order valence-electron chi connectivity index (χ1n) is 9.19. The van der Waals surface area contributed by atoms with Crippen molar-refractivity contribution in [3.63, 3.8) is 0 Å². The van der Waals surface area contributed by atoms with E-state index < -0.39 is 0 Å². The Morgan fingerprint density at radius 2 is 1.46 bits per heavy atom. The van der Waals surface area contributed by atoms with Gasteiger partial charge in [-0.2, -0.15) is 0 Å². The minimum Gasteiger partial charge on any atom is -0.492 e. The number of anilines is 3. The maximum Gasteiger partial charge on any atom is 0.274 e. The molecule has 0 unspecified atom stereocenters. The van der Waals surface area contributed by atoms with Crippen LogP contribution in [0.3, 0.4) is 0 Å². The number of aromatic nitrogens is 1. The van der Waals surface area contributed by atoms with Crippen molar-refractivity contribution in [3.8, 4) is 11.5 Å². The standard InChI is InChI=1S/C22H23N3O3/c1-3-27-20-11-7-5-9-17(20)24-16-13-14-19(23-15-16)22(26)25-18-10-6-8-12-21(18)28-4-2/h5-15,24H,3-4H2,1-2H3,(H,25,26). The molecule has 0 aliphatic carbocycles. The molecular formula is C22H23N3O3. The van der Waals surface area contributed by atoms with Crippen molar-refractivity contribution in [2.45, 2.75) is 13.8 Å². The molecule has 0 aliphatic rings. The molecule has 0 saturated carbocycles. The Morgan fingerprint density at radius 1 is 0.857 bits per heavy atom. The van der Waals surface area contributed by atoms with Gasteiger partial charge in [-0.05, 0) is 50.2 Å². The van der Waals surface area contributed by atoms with Crippen LogP contribution in [0.25, 0.3) is 0 Å². The average Bonchev–Trinajstić information content (AvgIpc) is 2.72. The molecule has 6 nitrogen and oxygen atoms in total. The molecule has 1 heterocycles. The maximum atomic E-state index is 12.5. The number of amides is 1. The van der Waals surface area contributed by atoms with Gasteiger partial charge in [-0.3, -0.25) is 4.79 Å². The van der Waals surface area contributed by atoms with Gasteiger partial charge in [-0.1, -0.05) is 24.3 Å². The van der Waals surface area contributed by atoms with Gasteiger partial charge in [0.15, 0.2) is 0 Å². The Kier molecular flexibility index (Phi) is 6.46. The predicted molar refractivity (Wildman–Crippen MR) is 111 cm³/mol. The summed E-state index contributed by atoms with van der Waals surface area (Å²) in [5.41, 5.74) is 2.53. The lowest BCUT2D eigenvalue weighted by Gasteiger charge is -2.13. The van der Waals surface area contributed by atoms with Crippen LogP contribution >= 0.6 is 0 Å². The van der Waals surface area contributed by atoms with Crippen molar-refractivity contribution < 1.29 is 14.3 Å². The summed E-state index contributed by atoms with van der Waals surface area (Å²) in [5, 5.41) is 6.10. The van der Waals surface area contributed by atoms with Crippen LogP contribution < -0.4 is 20.1 Å². The van der Waals surface area contributed by atoms with Crippen molar-refractivity contribution in [2.24, 2.45) is 0 Å². The topological polar surface area (TPSA) is 72.5 Å². The molecule has 1 amide bonds. The van der Waals surface area contributed by atoms with Gasteiger partial charge >= 0.3 is 0 Å². The normalized spacial score (nSPS) is 10.2. The van der Waals surface area contributed by atoms with E-state index >= 15 is 0 Å². The van der Waals surface area contributed by atoms with Crippen LogP contribution in [-0.4, -0.2) is 24.1 Å². The van der Waals surface area contributed by atoms with E-state index in [4.69, 9.17) is 9.47 Å². The Labute approximate surface area is 164 Å². The average molecular weight is 377 g/mol. The molecule has 3 rings (SSSR count). The molecule has 0 aliphatic heterocycles. The number of rotatable bonds is 8. The van der Waals surface area contributed by atoms with Crippen molar-refractivity contribution in [1.29, 1.82) is 0 Å². The first-order valence-corrected chi connectivity index (χ1v) is 9.19. The molecule has 6 heteroatoms. The van der Waals surface area contributed by atoms with Crippen molar-refractivity contribution in [3.05, 3.63) is 72.6 Å². The SMILES string of the molecule is CCOc1ccccc1NC(=O)c1ccc(Nc2ccccc2OCC)cn1. The van der Waals surface area contributed by atoms with E-state index in [0.29, 0.717) is 30.3 Å². The zero-order valence-electron chi connectivity index (χ0n) is 15.9. The van der Waals surface area contributed by atoms with Gasteiger partial charge < -0.3 is 20.1 Å². The van der Waals surface area contributed by atoms with Crippen LogP contribution in [0.1, 0.15) is 24.3 Å². The summed E-state index contributed by atoms with van der Waals surface area (Å²) < 4.78 is 11.1. The fourth-order valence-electron chi connectivity index (χ4n) is 2.65. The minimum atomic E-state index is -0.298. The number of ether oxygens (including phenoxy) is 2. The van der Waals surface area contributed by atoms with Crippen LogP contribution in [0.2, 0.25) is 0 Å². The van der Waals surface area contributed by atoms with E-state index in [-0.39, 0.29) is 5.91 Å². The maximum absolute atomic E-state index is 12.5. The number of para-hydroxylation sites is 4. The second-order valence-electron chi connectivity index (χ2n) is 5.87.